The molecule has 0 saturated heterocycles. The molecule has 0 aliphatic rings. The third kappa shape index (κ3) is 1.86. The van der Waals surface area contributed by atoms with Crippen molar-refractivity contribution in [1.82, 2.24) is 4.98 Å². The van der Waals surface area contributed by atoms with Crippen LogP contribution < -0.4 is 5.73 Å². The molecule has 16 heavy (non-hydrogen) atoms. The van der Waals surface area contributed by atoms with Gasteiger partial charge in [0.15, 0.2) is 0 Å². The average Bonchev–Trinajstić information content (AvgIpc) is 2.22. The van der Waals surface area contributed by atoms with Crippen LogP contribution in [-0.2, 0) is 0 Å². The second-order valence-corrected chi connectivity index (χ2v) is 3.57. The molecule has 0 spiro atoms. The van der Waals surface area contributed by atoms with Gasteiger partial charge in [-0.25, -0.2) is 13.8 Å². The Morgan fingerprint density at radius 3 is 2.56 bits per heavy atom. The molecular weight excluding hydrogens is 210 g/mol. The number of anilines is 1. The summed E-state index contributed by atoms with van der Waals surface area (Å²) in [6, 6.07) is 5.10. The molecular formula is C12H10F2N2. The van der Waals surface area contributed by atoms with Crippen LogP contribution in [0.15, 0.2) is 30.5 Å². The molecule has 82 valence electrons. The summed E-state index contributed by atoms with van der Waals surface area (Å²) in [4.78, 5) is 3.94. The Labute approximate surface area is 91.7 Å². The molecule has 1 heterocycles. The van der Waals surface area contributed by atoms with Crippen LogP contribution in [0.1, 0.15) is 5.56 Å². The molecule has 0 fully saturated rings. The zero-order valence-electron chi connectivity index (χ0n) is 8.67. The lowest BCUT2D eigenvalue weighted by molar-refractivity contribution is 0.585. The van der Waals surface area contributed by atoms with Crippen molar-refractivity contribution in [2.75, 3.05) is 5.73 Å². The monoisotopic (exact) mass is 220 g/mol. The fourth-order valence-electron chi connectivity index (χ4n) is 1.50. The van der Waals surface area contributed by atoms with Crippen LogP contribution in [0, 0.1) is 18.6 Å². The Kier molecular flexibility index (Phi) is 2.56. The van der Waals surface area contributed by atoms with E-state index in [1.165, 1.54) is 12.1 Å². The highest BCUT2D eigenvalue weighted by Gasteiger charge is 2.10. The van der Waals surface area contributed by atoms with E-state index in [1.54, 1.807) is 12.3 Å². The largest absolute Gasteiger partial charge is 0.383 e. The van der Waals surface area contributed by atoms with E-state index >= 15 is 0 Å². The summed E-state index contributed by atoms with van der Waals surface area (Å²) in [5.41, 5.74) is 7.27. The maximum Gasteiger partial charge on any atom is 0.134 e. The lowest BCUT2D eigenvalue weighted by atomic mass is 10.0. The van der Waals surface area contributed by atoms with Gasteiger partial charge < -0.3 is 5.73 Å². The van der Waals surface area contributed by atoms with Crippen molar-refractivity contribution in [2.45, 2.75) is 6.92 Å². The lowest BCUT2D eigenvalue weighted by Gasteiger charge is -2.07. The predicted molar refractivity (Wildman–Crippen MR) is 58.7 cm³/mol. The molecule has 4 heteroatoms. The Bertz CT molecular complexity index is 539. The number of rotatable bonds is 1. The summed E-state index contributed by atoms with van der Waals surface area (Å²) in [6.07, 6.45) is 1.60. The molecule has 2 N–H and O–H groups in total. The maximum atomic E-state index is 13.5. The van der Waals surface area contributed by atoms with Gasteiger partial charge in [-0.3, -0.25) is 0 Å². The van der Waals surface area contributed by atoms with E-state index in [0.717, 1.165) is 11.6 Å². The van der Waals surface area contributed by atoms with Crippen molar-refractivity contribution in [3.8, 4) is 11.1 Å². The van der Waals surface area contributed by atoms with Gasteiger partial charge in [-0.15, -0.1) is 0 Å². The molecule has 1 aromatic heterocycles. The molecule has 0 saturated carbocycles. The molecule has 0 bridgehead atoms. The van der Waals surface area contributed by atoms with Crippen LogP contribution in [0.3, 0.4) is 0 Å². The second kappa shape index (κ2) is 3.89. The fraction of sp³-hybridized carbons (Fsp3) is 0.0833. The first kappa shape index (κ1) is 10.5. The summed E-state index contributed by atoms with van der Waals surface area (Å²) in [6.45, 7) is 1.83. The summed E-state index contributed by atoms with van der Waals surface area (Å²) < 4.78 is 26.3. The maximum absolute atomic E-state index is 13.5. The van der Waals surface area contributed by atoms with Crippen LogP contribution in [0.4, 0.5) is 14.6 Å². The second-order valence-electron chi connectivity index (χ2n) is 3.57. The highest BCUT2D eigenvalue weighted by Crippen LogP contribution is 2.27. The molecule has 0 aliphatic carbocycles. The van der Waals surface area contributed by atoms with E-state index < -0.39 is 11.6 Å². The van der Waals surface area contributed by atoms with E-state index in [9.17, 15) is 8.78 Å². The molecule has 0 amide bonds. The molecule has 2 rings (SSSR count). The first-order chi connectivity index (χ1) is 7.58. The quantitative estimate of drug-likeness (QED) is 0.802. The van der Waals surface area contributed by atoms with Crippen molar-refractivity contribution in [3.63, 3.8) is 0 Å². The third-order valence-electron chi connectivity index (χ3n) is 2.28. The number of pyridine rings is 1. The minimum atomic E-state index is -0.640. The number of nitrogens with zero attached hydrogens (tertiary/aromatic N) is 1. The number of benzene rings is 1. The molecule has 0 radical (unpaired) electrons. The van der Waals surface area contributed by atoms with Gasteiger partial charge in [0.1, 0.15) is 17.5 Å². The summed E-state index contributed by atoms with van der Waals surface area (Å²) in [5, 5.41) is 0. The average molecular weight is 220 g/mol. The van der Waals surface area contributed by atoms with Crippen molar-refractivity contribution in [2.24, 2.45) is 0 Å². The smallest absolute Gasteiger partial charge is 0.134 e. The molecule has 2 nitrogen and oxygen atoms in total. The van der Waals surface area contributed by atoms with Gasteiger partial charge in [-0.2, -0.15) is 0 Å². The molecule has 0 atom stereocenters. The van der Waals surface area contributed by atoms with Gasteiger partial charge in [0.05, 0.1) is 0 Å². The zero-order valence-corrected chi connectivity index (χ0v) is 8.67. The number of hydrogen-bond acceptors (Lipinski definition) is 2. The van der Waals surface area contributed by atoms with Crippen LogP contribution >= 0.6 is 0 Å². The van der Waals surface area contributed by atoms with E-state index in [1.807, 2.05) is 6.92 Å². The Morgan fingerprint density at radius 1 is 1.12 bits per heavy atom. The van der Waals surface area contributed by atoms with Crippen LogP contribution in [0.25, 0.3) is 11.1 Å². The van der Waals surface area contributed by atoms with Crippen molar-refractivity contribution in [1.29, 1.82) is 0 Å². The number of hydrogen-bond donors (Lipinski definition) is 1. The normalized spacial score (nSPS) is 10.4. The Morgan fingerprint density at radius 2 is 1.88 bits per heavy atom. The SMILES string of the molecule is Cc1cnc(N)c(-c2ccc(F)cc2F)c1. The van der Waals surface area contributed by atoms with Gasteiger partial charge in [0, 0.05) is 23.4 Å². The lowest BCUT2D eigenvalue weighted by Crippen LogP contribution is -1.96. The molecule has 0 aliphatic heterocycles. The highest BCUT2D eigenvalue weighted by atomic mass is 19.1. The minimum absolute atomic E-state index is 0.233. The first-order valence-electron chi connectivity index (χ1n) is 4.75. The van der Waals surface area contributed by atoms with Crippen molar-refractivity contribution >= 4 is 5.82 Å². The molecule has 0 unspecified atom stereocenters. The summed E-state index contributed by atoms with van der Waals surface area (Å²) >= 11 is 0. The predicted octanol–water partition coefficient (Wildman–Crippen LogP) is 2.92. The Hall–Kier alpha value is -1.97. The fourth-order valence-corrected chi connectivity index (χ4v) is 1.50. The topological polar surface area (TPSA) is 38.9 Å². The number of nitrogens with two attached hydrogens (primary N) is 1. The van der Waals surface area contributed by atoms with Gasteiger partial charge in [-0.1, -0.05) is 0 Å². The van der Waals surface area contributed by atoms with Crippen molar-refractivity contribution in [3.05, 3.63) is 47.7 Å². The van der Waals surface area contributed by atoms with Crippen molar-refractivity contribution < 1.29 is 8.78 Å². The summed E-state index contributed by atoms with van der Waals surface area (Å²) in [5.74, 6) is -1.02. The standard InChI is InChI=1S/C12H10F2N2/c1-7-4-10(12(15)16-6-7)9-3-2-8(13)5-11(9)14/h2-6H,1H3,(H2,15,16). The van der Waals surface area contributed by atoms with Crippen LogP contribution in [-0.4, -0.2) is 4.98 Å². The molecule has 2 aromatic rings. The highest BCUT2D eigenvalue weighted by molar-refractivity contribution is 5.74. The number of aromatic nitrogens is 1. The third-order valence-corrected chi connectivity index (χ3v) is 2.28. The number of aryl methyl sites for hydroxylation is 1. The first-order valence-corrected chi connectivity index (χ1v) is 4.75. The molecule has 1 aromatic carbocycles. The van der Waals surface area contributed by atoms with Gasteiger partial charge >= 0.3 is 0 Å². The van der Waals surface area contributed by atoms with E-state index in [4.69, 9.17) is 5.73 Å². The van der Waals surface area contributed by atoms with E-state index in [-0.39, 0.29) is 11.4 Å². The van der Waals surface area contributed by atoms with Crippen LogP contribution in [0.2, 0.25) is 0 Å². The summed E-state index contributed by atoms with van der Waals surface area (Å²) in [7, 11) is 0. The van der Waals surface area contributed by atoms with E-state index in [2.05, 4.69) is 4.98 Å². The van der Waals surface area contributed by atoms with Gasteiger partial charge in [0.25, 0.3) is 0 Å². The Balaban J connectivity index is 2.62. The minimum Gasteiger partial charge on any atom is -0.383 e. The van der Waals surface area contributed by atoms with E-state index in [0.29, 0.717) is 5.56 Å². The van der Waals surface area contributed by atoms with Crippen LogP contribution in [0.5, 0.6) is 0 Å². The zero-order chi connectivity index (χ0) is 11.7. The van der Waals surface area contributed by atoms with Gasteiger partial charge in [0.2, 0.25) is 0 Å². The number of nitrogen functional groups attached to an aromatic ring is 1. The number of halogens is 2. The van der Waals surface area contributed by atoms with Gasteiger partial charge in [-0.05, 0) is 30.7 Å².